The Labute approximate surface area is 186 Å². The van der Waals surface area contributed by atoms with Crippen LogP contribution in [0, 0.1) is 6.92 Å². The van der Waals surface area contributed by atoms with Gasteiger partial charge in [-0.25, -0.2) is 9.97 Å². The largest absolute Gasteiger partial charge is 0.354 e. The molecule has 2 aliphatic heterocycles. The van der Waals surface area contributed by atoms with E-state index < -0.39 is 0 Å². The molecule has 2 fully saturated rings. The van der Waals surface area contributed by atoms with Crippen LogP contribution in [-0.2, 0) is 4.79 Å². The molecule has 1 atom stereocenters. The predicted octanol–water partition coefficient (Wildman–Crippen LogP) is 3.78. The number of amides is 1. The summed E-state index contributed by atoms with van der Waals surface area (Å²) < 4.78 is 0. The van der Waals surface area contributed by atoms with Gasteiger partial charge in [0.05, 0.1) is 0 Å². The summed E-state index contributed by atoms with van der Waals surface area (Å²) in [5, 5.41) is 0. The lowest BCUT2D eigenvalue weighted by Gasteiger charge is -2.41. The minimum atomic E-state index is -0.195. The third kappa shape index (κ3) is 5.06. The van der Waals surface area contributed by atoms with Gasteiger partial charge in [-0.15, -0.1) is 0 Å². The summed E-state index contributed by atoms with van der Waals surface area (Å²) in [4.78, 5) is 29.7. The summed E-state index contributed by atoms with van der Waals surface area (Å²) in [7, 11) is 0. The second-order valence-electron chi connectivity index (χ2n) is 9.10. The van der Waals surface area contributed by atoms with Crippen molar-refractivity contribution < 1.29 is 4.79 Å². The number of hydrogen-bond acceptors (Lipinski definition) is 5. The highest BCUT2D eigenvalue weighted by molar-refractivity contribution is 5.83. The van der Waals surface area contributed by atoms with E-state index in [1.54, 1.807) is 0 Å². The zero-order valence-corrected chi connectivity index (χ0v) is 19.1. The maximum Gasteiger partial charge on any atom is 0.244 e. The number of piperidine rings is 1. The van der Waals surface area contributed by atoms with Gasteiger partial charge in [0, 0.05) is 56.9 Å². The Morgan fingerprint density at radius 1 is 0.903 bits per heavy atom. The number of anilines is 1. The van der Waals surface area contributed by atoms with Gasteiger partial charge in [0.1, 0.15) is 17.7 Å². The summed E-state index contributed by atoms with van der Waals surface area (Å²) in [5.41, 5.74) is 2.12. The number of aryl methyl sites for hydroxylation is 1. The lowest BCUT2D eigenvalue weighted by molar-refractivity contribution is -0.138. The summed E-state index contributed by atoms with van der Waals surface area (Å²) >= 11 is 0. The van der Waals surface area contributed by atoms with Crippen LogP contribution >= 0.6 is 0 Å². The Morgan fingerprint density at radius 2 is 1.58 bits per heavy atom. The van der Waals surface area contributed by atoms with E-state index in [1.165, 1.54) is 6.42 Å². The van der Waals surface area contributed by atoms with Gasteiger partial charge in [-0.3, -0.25) is 9.69 Å². The van der Waals surface area contributed by atoms with E-state index >= 15 is 0 Å². The van der Waals surface area contributed by atoms with Gasteiger partial charge >= 0.3 is 0 Å². The monoisotopic (exact) mass is 421 g/mol. The SMILES string of the molecule is Cc1cc(N2CCN(C(C(=O)N3CCCCC3)c3ccccc3)CC2)nc(C(C)C)n1. The maximum absolute atomic E-state index is 13.6. The molecular formula is C25H35N5O. The maximum atomic E-state index is 13.6. The van der Waals surface area contributed by atoms with E-state index in [9.17, 15) is 4.79 Å². The van der Waals surface area contributed by atoms with E-state index in [-0.39, 0.29) is 11.9 Å². The number of piperazine rings is 1. The zero-order valence-electron chi connectivity index (χ0n) is 19.1. The average molecular weight is 422 g/mol. The highest BCUT2D eigenvalue weighted by Crippen LogP contribution is 2.27. The molecule has 4 rings (SSSR count). The van der Waals surface area contributed by atoms with Crippen molar-refractivity contribution in [1.82, 2.24) is 19.8 Å². The van der Waals surface area contributed by atoms with Crippen molar-refractivity contribution in [1.29, 1.82) is 0 Å². The van der Waals surface area contributed by atoms with Gasteiger partial charge in [-0.1, -0.05) is 44.2 Å². The molecule has 1 unspecified atom stereocenters. The van der Waals surface area contributed by atoms with Crippen molar-refractivity contribution in [2.75, 3.05) is 44.2 Å². The second-order valence-corrected chi connectivity index (χ2v) is 9.10. The minimum Gasteiger partial charge on any atom is -0.354 e. The van der Waals surface area contributed by atoms with Crippen molar-refractivity contribution in [2.24, 2.45) is 0 Å². The first-order valence-electron chi connectivity index (χ1n) is 11.7. The van der Waals surface area contributed by atoms with Gasteiger partial charge in [0.2, 0.25) is 5.91 Å². The Hall–Kier alpha value is -2.47. The molecule has 0 radical (unpaired) electrons. The first-order chi connectivity index (χ1) is 15.0. The predicted molar refractivity (Wildman–Crippen MR) is 124 cm³/mol. The molecule has 6 heteroatoms. The quantitative estimate of drug-likeness (QED) is 0.735. The van der Waals surface area contributed by atoms with Crippen LogP contribution in [0.5, 0.6) is 0 Å². The van der Waals surface area contributed by atoms with Crippen LogP contribution < -0.4 is 4.90 Å². The van der Waals surface area contributed by atoms with Crippen molar-refractivity contribution >= 4 is 11.7 Å². The molecule has 1 aromatic carbocycles. The van der Waals surface area contributed by atoms with E-state index in [0.29, 0.717) is 5.92 Å². The summed E-state index contributed by atoms with van der Waals surface area (Å²) in [6.07, 6.45) is 3.47. The smallest absolute Gasteiger partial charge is 0.244 e. The molecule has 166 valence electrons. The fourth-order valence-corrected chi connectivity index (χ4v) is 4.64. The molecule has 2 saturated heterocycles. The highest BCUT2D eigenvalue weighted by Gasteiger charge is 2.34. The molecular weight excluding hydrogens is 386 g/mol. The van der Waals surface area contributed by atoms with Gasteiger partial charge in [-0.05, 0) is 31.7 Å². The van der Waals surface area contributed by atoms with Crippen LogP contribution in [0.1, 0.15) is 62.2 Å². The molecule has 0 spiro atoms. The molecule has 0 bridgehead atoms. The van der Waals surface area contributed by atoms with Crippen LogP contribution in [0.15, 0.2) is 36.4 Å². The Morgan fingerprint density at radius 3 is 2.23 bits per heavy atom. The molecule has 1 aromatic heterocycles. The number of carbonyl (C=O) groups excluding carboxylic acids is 1. The summed E-state index contributed by atoms with van der Waals surface area (Å²) in [5.74, 6) is 2.48. The van der Waals surface area contributed by atoms with E-state index in [4.69, 9.17) is 4.98 Å². The van der Waals surface area contributed by atoms with Gasteiger partial charge < -0.3 is 9.80 Å². The zero-order chi connectivity index (χ0) is 21.8. The number of carbonyl (C=O) groups is 1. The van der Waals surface area contributed by atoms with Crippen LogP contribution in [0.2, 0.25) is 0 Å². The number of aromatic nitrogens is 2. The van der Waals surface area contributed by atoms with Crippen LogP contribution in [0.4, 0.5) is 5.82 Å². The lowest BCUT2D eigenvalue weighted by atomic mass is 10.0. The van der Waals surface area contributed by atoms with Crippen LogP contribution in [0.3, 0.4) is 0 Å². The molecule has 0 N–H and O–H groups in total. The van der Waals surface area contributed by atoms with Gasteiger partial charge in [0.15, 0.2) is 0 Å². The fraction of sp³-hybridized carbons (Fsp3) is 0.560. The minimum absolute atomic E-state index is 0.195. The number of nitrogens with zero attached hydrogens (tertiary/aromatic N) is 5. The van der Waals surface area contributed by atoms with E-state index in [0.717, 1.165) is 75.0 Å². The summed E-state index contributed by atoms with van der Waals surface area (Å²) in [6.45, 7) is 11.5. The topological polar surface area (TPSA) is 52.6 Å². The standard InChI is InChI=1S/C25H35N5O/c1-19(2)24-26-20(3)18-22(27-24)28-14-16-29(17-15-28)23(21-10-6-4-7-11-21)25(31)30-12-8-5-9-13-30/h4,6-7,10-11,18-19,23H,5,8-9,12-17H2,1-3H3. The summed E-state index contributed by atoms with van der Waals surface area (Å²) in [6, 6.07) is 12.2. The second kappa shape index (κ2) is 9.77. The van der Waals surface area contributed by atoms with Gasteiger partial charge in [-0.2, -0.15) is 0 Å². The van der Waals surface area contributed by atoms with Gasteiger partial charge in [0.25, 0.3) is 0 Å². The molecule has 2 aliphatic rings. The number of rotatable bonds is 5. The van der Waals surface area contributed by atoms with E-state index in [2.05, 4.69) is 51.7 Å². The molecule has 0 aliphatic carbocycles. The number of hydrogen-bond donors (Lipinski definition) is 0. The molecule has 31 heavy (non-hydrogen) atoms. The highest BCUT2D eigenvalue weighted by atomic mass is 16.2. The third-order valence-corrected chi connectivity index (χ3v) is 6.39. The average Bonchev–Trinajstić information content (AvgIpc) is 2.80. The number of benzene rings is 1. The first-order valence-corrected chi connectivity index (χ1v) is 11.7. The molecule has 6 nitrogen and oxygen atoms in total. The van der Waals surface area contributed by atoms with Crippen LogP contribution in [0.25, 0.3) is 0 Å². The molecule has 1 amide bonds. The number of likely N-dealkylation sites (tertiary alicyclic amines) is 1. The van der Waals surface area contributed by atoms with E-state index in [1.807, 2.05) is 25.1 Å². The van der Waals surface area contributed by atoms with Crippen molar-refractivity contribution in [3.8, 4) is 0 Å². The lowest BCUT2D eigenvalue weighted by Crippen LogP contribution is -2.52. The molecule has 3 heterocycles. The third-order valence-electron chi connectivity index (χ3n) is 6.39. The Kier molecular flexibility index (Phi) is 6.86. The van der Waals surface area contributed by atoms with Crippen molar-refractivity contribution in [3.05, 3.63) is 53.5 Å². The molecule has 0 saturated carbocycles. The van der Waals surface area contributed by atoms with Crippen molar-refractivity contribution in [3.63, 3.8) is 0 Å². The Balaban J connectivity index is 1.51. The Bertz CT molecular complexity index is 871. The normalized spacial score (nSPS) is 19.0. The first kappa shape index (κ1) is 21.8. The fourth-order valence-electron chi connectivity index (χ4n) is 4.64. The van der Waals surface area contributed by atoms with Crippen LogP contribution in [-0.4, -0.2) is 64.9 Å². The molecule has 2 aromatic rings. The van der Waals surface area contributed by atoms with Crippen molar-refractivity contribution in [2.45, 2.75) is 52.0 Å².